The number of allylic oxidation sites excluding steroid dienone is 3. The molecule has 0 atom stereocenters. The van der Waals surface area contributed by atoms with Crippen LogP contribution in [0.25, 0.3) is 15.2 Å². The summed E-state index contributed by atoms with van der Waals surface area (Å²) in [6.45, 7) is 13.6. The maximum atomic E-state index is 13.4. The predicted octanol–water partition coefficient (Wildman–Crippen LogP) is 3.97. The Morgan fingerprint density at radius 3 is 2.57 bits per heavy atom. The molecular formula is C22H28N4O3S. The van der Waals surface area contributed by atoms with Gasteiger partial charge in [0, 0.05) is 30.0 Å². The van der Waals surface area contributed by atoms with Gasteiger partial charge in [-0.15, -0.1) is 0 Å². The molecule has 0 aromatic carbocycles. The van der Waals surface area contributed by atoms with Gasteiger partial charge in [-0.25, -0.2) is 9.48 Å². The molecule has 0 aliphatic carbocycles. The second kappa shape index (κ2) is 8.10. The molecule has 160 valence electrons. The van der Waals surface area contributed by atoms with E-state index in [1.165, 1.54) is 15.9 Å². The Bertz CT molecular complexity index is 1230. The van der Waals surface area contributed by atoms with E-state index in [4.69, 9.17) is 4.74 Å². The maximum absolute atomic E-state index is 13.4. The lowest BCUT2D eigenvalue weighted by Gasteiger charge is -2.23. The Morgan fingerprint density at radius 2 is 2.03 bits per heavy atom. The molecule has 3 aromatic heterocycles. The normalized spacial score (nSPS) is 12.9. The van der Waals surface area contributed by atoms with Crippen molar-refractivity contribution in [3.05, 3.63) is 68.8 Å². The van der Waals surface area contributed by atoms with E-state index < -0.39 is 5.54 Å². The molecule has 0 amide bonds. The van der Waals surface area contributed by atoms with E-state index in [0.29, 0.717) is 23.2 Å². The molecule has 7 nitrogen and oxygen atoms in total. The van der Waals surface area contributed by atoms with Crippen LogP contribution in [0.3, 0.4) is 0 Å². The lowest BCUT2D eigenvalue weighted by Crippen LogP contribution is -2.47. The van der Waals surface area contributed by atoms with Gasteiger partial charge in [0.1, 0.15) is 9.83 Å². The highest BCUT2D eigenvalue weighted by atomic mass is 32.1. The number of methoxy groups -OCH3 is 1. The van der Waals surface area contributed by atoms with E-state index >= 15 is 0 Å². The molecule has 0 aliphatic rings. The van der Waals surface area contributed by atoms with Crippen LogP contribution in [0.4, 0.5) is 0 Å². The summed E-state index contributed by atoms with van der Waals surface area (Å²) >= 11 is 1.41. The summed E-state index contributed by atoms with van der Waals surface area (Å²) in [6.07, 6.45) is 5.84. The Kier molecular flexibility index (Phi) is 5.90. The number of fused-ring (bicyclic) bond motifs is 1. The van der Waals surface area contributed by atoms with E-state index in [-0.39, 0.29) is 11.2 Å². The zero-order valence-electron chi connectivity index (χ0n) is 18.4. The van der Waals surface area contributed by atoms with Gasteiger partial charge in [-0.1, -0.05) is 24.0 Å². The number of thiophene rings is 1. The van der Waals surface area contributed by atoms with Crippen molar-refractivity contribution in [3.8, 4) is 5.00 Å². The molecule has 0 unspecified atom stereocenters. The number of hydrogen-bond donors (Lipinski definition) is 0. The average Bonchev–Trinajstić information content (AvgIpc) is 3.31. The minimum absolute atomic E-state index is 0.265. The van der Waals surface area contributed by atoms with Crippen LogP contribution in [0, 0.1) is 6.92 Å². The van der Waals surface area contributed by atoms with Crippen molar-refractivity contribution in [2.75, 3.05) is 7.11 Å². The number of hydrogen-bond acceptors (Lipinski definition) is 5. The van der Waals surface area contributed by atoms with E-state index in [1.54, 1.807) is 28.6 Å². The molecule has 30 heavy (non-hydrogen) atoms. The third-order valence-corrected chi connectivity index (χ3v) is 6.48. The zero-order valence-corrected chi connectivity index (χ0v) is 19.2. The highest BCUT2D eigenvalue weighted by Gasteiger charge is 2.26. The number of nitrogens with zero attached hydrogens (tertiary/aromatic N) is 4. The molecule has 0 aliphatic heterocycles. The van der Waals surface area contributed by atoms with Gasteiger partial charge in [-0.05, 0) is 52.7 Å². The first-order valence-electron chi connectivity index (χ1n) is 9.77. The molecule has 0 saturated heterocycles. The first kappa shape index (κ1) is 21.8. The summed E-state index contributed by atoms with van der Waals surface area (Å²) in [7, 11) is 1.61. The Labute approximate surface area is 179 Å². The van der Waals surface area contributed by atoms with Crippen LogP contribution >= 0.6 is 11.3 Å². The monoisotopic (exact) mass is 428 g/mol. The second-order valence-electron chi connectivity index (χ2n) is 8.15. The third kappa shape index (κ3) is 3.67. The molecule has 3 heterocycles. The highest BCUT2D eigenvalue weighted by Crippen LogP contribution is 2.31. The van der Waals surface area contributed by atoms with Crippen LogP contribution in [-0.2, 0) is 16.8 Å². The predicted molar refractivity (Wildman–Crippen MR) is 122 cm³/mol. The molecule has 3 aromatic rings. The van der Waals surface area contributed by atoms with Gasteiger partial charge in [0.25, 0.3) is 5.56 Å². The van der Waals surface area contributed by atoms with Crippen molar-refractivity contribution in [1.29, 1.82) is 0 Å². The van der Waals surface area contributed by atoms with Gasteiger partial charge in [-0.2, -0.15) is 5.10 Å². The minimum atomic E-state index is -0.649. The van der Waals surface area contributed by atoms with Crippen molar-refractivity contribution < 1.29 is 4.74 Å². The first-order valence-corrected chi connectivity index (χ1v) is 10.6. The smallest absolute Gasteiger partial charge is 0.332 e. The molecule has 8 heteroatoms. The number of aryl methyl sites for hydroxylation is 2. The standard InChI is InChI=1S/C22H28N4O3S/c1-8-16(15(3)29-7)10-13-24-20-17(18(27)26(21(24)28)22(4,5)6)14(2)19(30-20)25-12-9-11-23-25/h8-9,11-12H,1,10,13H2,2-7H3/b16-15-. The van der Waals surface area contributed by atoms with Crippen LogP contribution in [0.2, 0.25) is 0 Å². The fraction of sp³-hybridized carbons (Fsp3) is 0.409. The van der Waals surface area contributed by atoms with Crippen LogP contribution in [0.1, 0.15) is 39.7 Å². The van der Waals surface area contributed by atoms with Gasteiger partial charge >= 0.3 is 5.69 Å². The third-order valence-electron chi connectivity index (χ3n) is 5.18. The Balaban J connectivity index is 2.32. The van der Waals surface area contributed by atoms with Gasteiger partial charge in [0.05, 0.1) is 18.3 Å². The largest absolute Gasteiger partial charge is 0.501 e. The van der Waals surface area contributed by atoms with Crippen molar-refractivity contribution in [2.45, 2.75) is 53.1 Å². The molecular weight excluding hydrogens is 400 g/mol. The molecule has 0 N–H and O–H groups in total. The average molecular weight is 429 g/mol. The van der Waals surface area contributed by atoms with E-state index in [9.17, 15) is 9.59 Å². The van der Waals surface area contributed by atoms with E-state index in [1.807, 2.05) is 46.9 Å². The number of ether oxygens (including phenoxy) is 1. The number of rotatable bonds is 6. The maximum Gasteiger partial charge on any atom is 0.332 e. The first-order chi connectivity index (χ1) is 14.1. The van der Waals surface area contributed by atoms with Crippen molar-refractivity contribution in [2.24, 2.45) is 0 Å². The van der Waals surface area contributed by atoms with Crippen molar-refractivity contribution >= 4 is 21.6 Å². The van der Waals surface area contributed by atoms with Gasteiger partial charge < -0.3 is 4.74 Å². The summed E-state index contributed by atoms with van der Waals surface area (Å²) in [4.78, 5) is 27.5. The highest BCUT2D eigenvalue weighted by molar-refractivity contribution is 7.21. The Morgan fingerprint density at radius 1 is 1.33 bits per heavy atom. The van der Waals surface area contributed by atoms with Gasteiger partial charge in [-0.3, -0.25) is 13.9 Å². The topological polar surface area (TPSA) is 71.0 Å². The summed E-state index contributed by atoms with van der Waals surface area (Å²) in [5, 5.41) is 5.71. The number of aromatic nitrogens is 4. The Hall–Kier alpha value is -2.87. The molecule has 0 fully saturated rings. The summed E-state index contributed by atoms with van der Waals surface area (Å²) in [5.74, 6) is 0.762. The lowest BCUT2D eigenvalue weighted by atomic mass is 10.1. The molecule has 0 radical (unpaired) electrons. The summed E-state index contributed by atoms with van der Waals surface area (Å²) in [5.41, 5.74) is 0.518. The molecule has 3 rings (SSSR count). The van der Waals surface area contributed by atoms with Crippen LogP contribution < -0.4 is 11.2 Å². The van der Waals surface area contributed by atoms with Crippen molar-refractivity contribution in [3.63, 3.8) is 0 Å². The zero-order chi connectivity index (χ0) is 22.2. The summed E-state index contributed by atoms with van der Waals surface area (Å²) in [6, 6.07) is 1.83. The van der Waals surface area contributed by atoms with Crippen LogP contribution in [0.15, 0.2) is 52.0 Å². The van der Waals surface area contributed by atoms with Crippen molar-refractivity contribution in [1.82, 2.24) is 18.9 Å². The van der Waals surface area contributed by atoms with Gasteiger partial charge in [0.15, 0.2) is 0 Å². The molecule has 0 spiro atoms. The fourth-order valence-corrected chi connectivity index (χ4v) is 4.78. The van der Waals surface area contributed by atoms with Crippen LogP contribution in [0.5, 0.6) is 0 Å². The quantitative estimate of drug-likeness (QED) is 0.440. The molecule has 0 saturated carbocycles. The molecule has 0 bridgehead atoms. The second-order valence-corrected chi connectivity index (χ2v) is 9.13. The van der Waals surface area contributed by atoms with Crippen LogP contribution in [-0.4, -0.2) is 26.0 Å². The van der Waals surface area contributed by atoms with Gasteiger partial charge in [0.2, 0.25) is 0 Å². The SMILES string of the molecule is C=C/C(CCn1c(=O)n(C(C)(C)C)c(=O)c2c(C)c(-n3cccn3)sc21)=C(\C)OC. The minimum Gasteiger partial charge on any atom is -0.501 e. The van der Waals surface area contributed by atoms with E-state index in [0.717, 1.165) is 21.9 Å². The fourth-order valence-electron chi connectivity index (χ4n) is 3.52. The summed E-state index contributed by atoms with van der Waals surface area (Å²) < 4.78 is 10.1. The lowest BCUT2D eigenvalue weighted by molar-refractivity contribution is 0.288. The van der Waals surface area contributed by atoms with E-state index in [2.05, 4.69) is 11.7 Å².